The van der Waals surface area contributed by atoms with Crippen LogP contribution in [0.3, 0.4) is 0 Å². The van der Waals surface area contributed by atoms with Crippen molar-refractivity contribution in [3.63, 3.8) is 0 Å². The predicted octanol–water partition coefficient (Wildman–Crippen LogP) is 3.45. The Bertz CT molecular complexity index is 881. The Morgan fingerprint density at radius 3 is 2.79 bits per heavy atom. The van der Waals surface area contributed by atoms with Gasteiger partial charge < -0.3 is 9.40 Å². The zero-order valence-corrected chi connectivity index (χ0v) is 14.4. The molecule has 0 bridgehead atoms. The van der Waals surface area contributed by atoms with Gasteiger partial charge in [0.25, 0.3) is 5.56 Å². The third-order valence-corrected chi connectivity index (χ3v) is 4.27. The first kappa shape index (κ1) is 16.5. The molecule has 0 amide bonds. The molecule has 1 aromatic carbocycles. The molecule has 0 unspecified atom stereocenters. The highest BCUT2D eigenvalue weighted by Crippen LogP contribution is 2.21. The average Bonchev–Trinajstić information content (AvgIpc) is 2.99. The molecular weight excluding hydrogens is 302 g/mol. The van der Waals surface area contributed by atoms with Crippen LogP contribution in [0, 0.1) is 6.92 Å². The number of para-hydroxylation sites is 1. The van der Waals surface area contributed by atoms with Gasteiger partial charge in [-0.1, -0.05) is 19.1 Å². The lowest BCUT2D eigenvalue weighted by Gasteiger charge is -2.18. The summed E-state index contributed by atoms with van der Waals surface area (Å²) in [7, 11) is 2.04. The van der Waals surface area contributed by atoms with Gasteiger partial charge in [-0.2, -0.15) is 0 Å². The minimum absolute atomic E-state index is 0.0802. The minimum atomic E-state index is -0.0802. The van der Waals surface area contributed by atoms with E-state index >= 15 is 0 Å². The van der Waals surface area contributed by atoms with Gasteiger partial charge in [-0.25, -0.2) is 4.98 Å². The number of nitrogens with zero attached hydrogens (tertiary/aromatic N) is 2. The Labute approximate surface area is 141 Å². The van der Waals surface area contributed by atoms with E-state index in [1.165, 1.54) is 0 Å². The number of aromatic amines is 1. The maximum atomic E-state index is 12.1. The molecular formula is C19H23N3O2. The summed E-state index contributed by atoms with van der Waals surface area (Å²) >= 11 is 0. The van der Waals surface area contributed by atoms with Gasteiger partial charge in [0.1, 0.15) is 17.3 Å². The van der Waals surface area contributed by atoms with Gasteiger partial charge >= 0.3 is 0 Å². The molecule has 5 nitrogen and oxygen atoms in total. The normalized spacial score (nSPS) is 12.8. The molecule has 0 aliphatic heterocycles. The van der Waals surface area contributed by atoms with Crippen LogP contribution in [-0.2, 0) is 6.54 Å². The van der Waals surface area contributed by atoms with E-state index in [-0.39, 0.29) is 5.56 Å². The molecule has 0 aliphatic rings. The summed E-state index contributed by atoms with van der Waals surface area (Å²) in [5, 5.41) is 0.630. The van der Waals surface area contributed by atoms with Gasteiger partial charge in [-0.3, -0.25) is 9.69 Å². The molecule has 0 radical (unpaired) electrons. The Hall–Kier alpha value is -2.40. The van der Waals surface area contributed by atoms with Gasteiger partial charge in [0, 0.05) is 5.92 Å². The number of benzene rings is 1. The van der Waals surface area contributed by atoms with Crippen LogP contribution in [0.1, 0.15) is 36.6 Å². The van der Waals surface area contributed by atoms with Crippen LogP contribution in [0.2, 0.25) is 0 Å². The van der Waals surface area contributed by atoms with E-state index in [9.17, 15) is 4.79 Å². The molecule has 2 aromatic heterocycles. The molecule has 126 valence electrons. The van der Waals surface area contributed by atoms with Gasteiger partial charge in [-0.15, -0.1) is 0 Å². The van der Waals surface area contributed by atoms with Crippen molar-refractivity contribution in [2.45, 2.75) is 32.7 Å². The Balaban J connectivity index is 1.62. The first-order valence-corrected chi connectivity index (χ1v) is 8.26. The smallest absolute Gasteiger partial charge is 0.258 e. The highest BCUT2D eigenvalue weighted by molar-refractivity contribution is 5.77. The largest absolute Gasteiger partial charge is 0.466 e. The summed E-state index contributed by atoms with van der Waals surface area (Å²) in [5.74, 6) is 3.04. The third-order valence-electron chi connectivity index (χ3n) is 4.27. The molecule has 0 saturated carbocycles. The molecule has 24 heavy (non-hydrogen) atoms. The number of rotatable bonds is 6. The van der Waals surface area contributed by atoms with Crippen LogP contribution in [0.4, 0.5) is 0 Å². The lowest BCUT2D eigenvalue weighted by molar-refractivity contribution is 0.298. The summed E-state index contributed by atoms with van der Waals surface area (Å²) in [6.45, 7) is 5.65. The summed E-state index contributed by atoms with van der Waals surface area (Å²) < 4.78 is 5.68. The topological polar surface area (TPSA) is 62.1 Å². The number of hydrogen-bond acceptors (Lipinski definition) is 4. The van der Waals surface area contributed by atoms with Crippen molar-refractivity contribution in [1.29, 1.82) is 0 Å². The Morgan fingerprint density at radius 2 is 2.04 bits per heavy atom. The van der Waals surface area contributed by atoms with Crippen molar-refractivity contribution < 1.29 is 4.42 Å². The maximum Gasteiger partial charge on any atom is 0.258 e. The summed E-state index contributed by atoms with van der Waals surface area (Å²) in [6.07, 6.45) is 0.987. The second-order valence-electron chi connectivity index (χ2n) is 6.41. The fraction of sp³-hybridized carbons (Fsp3) is 0.368. The van der Waals surface area contributed by atoms with Crippen molar-refractivity contribution in [3.8, 4) is 0 Å². The van der Waals surface area contributed by atoms with Crippen LogP contribution in [0.15, 0.2) is 45.6 Å². The second-order valence-corrected chi connectivity index (χ2v) is 6.41. The molecule has 2 heterocycles. The predicted molar refractivity (Wildman–Crippen MR) is 95.2 cm³/mol. The van der Waals surface area contributed by atoms with E-state index in [1.807, 2.05) is 44.3 Å². The Morgan fingerprint density at radius 1 is 1.25 bits per heavy atom. The first-order valence-electron chi connectivity index (χ1n) is 8.26. The number of aromatic nitrogens is 2. The maximum absolute atomic E-state index is 12.1. The summed E-state index contributed by atoms with van der Waals surface area (Å²) in [4.78, 5) is 21.7. The van der Waals surface area contributed by atoms with Crippen LogP contribution in [0.5, 0.6) is 0 Å². The fourth-order valence-electron chi connectivity index (χ4n) is 2.82. The van der Waals surface area contributed by atoms with E-state index < -0.39 is 0 Å². The van der Waals surface area contributed by atoms with E-state index in [0.29, 0.717) is 23.7 Å². The van der Waals surface area contributed by atoms with Crippen molar-refractivity contribution in [2.24, 2.45) is 0 Å². The number of furan rings is 1. The number of fused-ring (bicyclic) bond motifs is 1. The number of aryl methyl sites for hydroxylation is 1. The average molecular weight is 325 g/mol. The fourth-order valence-corrected chi connectivity index (χ4v) is 2.82. The highest BCUT2D eigenvalue weighted by Gasteiger charge is 2.12. The van der Waals surface area contributed by atoms with Crippen LogP contribution in [0.25, 0.3) is 10.9 Å². The number of hydrogen-bond donors (Lipinski definition) is 1. The molecule has 5 heteroatoms. The minimum Gasteiger partial charge on any atom is -0.466 e. The number of H-pyrrole nitrogens is 1. The van der Waals surface area contributed by atoms with Crippen molar-refractivity contribution in [3.05, 3.63) is 64.1 Å². The molecule has 3 aromatic rings. The van der Waals surface area contributed by atoms with Crippen molar-refractivity contribution in [1.82, 2.24) is 14.9 Å². The van der Waals surface area contributed by atoms with Crippen molar-refractivity contribution in [2.75, 3.05) is 13.6 Å². The molecule has 0 fully saturated rings. The SMILES string of the molecule is Cc1ccc([C@@H](C)CCN(C)Cc2nc3ccccc3c(=O)[nH]2)o1. The molecule has 0 saturated heterocycles. The van der Waals surface area contributed by atoms with Crippen molar-refractivity contribution >= 4 is 10.9 Å². The van der Waals surface area contributed by atoms with Gasteiger partial charge in [0.2, 0.25) is 0 Å². The zero-order valence-electron chi connectivity index (χ0n) is 14.4. The molecule has 1 N–H and O–H groups in total. The Kier molecular flexibility index (Phi) is 4.81. The molecule has 0 spiro atoms. The quantitative estimate of drug-likeness (QED) is 0.754. The standard InChI is InChI=1S/C19H23N3O2/c1-13(17-9-8-14(2)24-17)10-11-22(3)12-18-20-16-7-5-4-6-15(16)19(23)21-18/h4-9,13H,10-12H2,1-3H3,(H,20,21,23)/t13-/m0/s1. The lowest BCUT2D eigenvalue weighted by Crippen LogP contribution is -2.23. The van der Waals surface area contributed by atoms with E-state index in [4.69, 9.17) is 4.42 Å². The molecule has 3 rings (SSSR count). The first-order chi connectivity index (χ1) is 11.5. The highest BCUT2D eigenvalue weighted by atomic mass is 16.3. The summed E-state index contributed by atoms with van der Waals surface area (Å²) in [5.41, 5.74) is 0.660. The zero-order chi connectivity index (χ0) is 17.1. The van der Waals surface area contributed by atoms with Crippen LogP contribution >= 0.6 is 0 Å². The van der Waals surface area contributed by atoms with Gasteiger partial charge in [0.15, 0.2) is 0 Å². The van der Waals surface area contributed by atoms with E-state index in [1.54, 1.807) is 6.07 Å². The molecule has 1 atom stereocenters. The van der Waals surface area contributed by atoms with Gasteiger partial charge in [-0.05, 0) is 51.2 Å². The summed E-state index contributed by atoms with van der Waals surface area (Å²) in [6, 6.07) is 11.5. The number of nitrogens with one attached hydrogen (secondary N) is 1. The van der Waals surface area contributed by atoms with E-state index in [2.05, 4.69) is 21.8 Å². The van der Waals surface area contributed by atoms with Crippen LogP contribution in [-0.4, -0.2) is 28.5 Å². The third kappa shape index (κ3) is 3.74. The monoisotopic (exact) mass is 325 g/mol. The molecule has 0 aliphatic carbocycles. The second kappa shape index (κ2) is 7.01. The van der Waals surface area contributed by atoms with Crippen LogP contribution < -0.4 is 5.56 Å². The van der Waals surface area contributed by atoms with Gasteiger partial charge in [0.05, 0.1) is 17.4 Å². The van der Waals surface area contributed by atoms with E-state index in [0.717, 1.165) is 30.0 Å². The lowest BCUT2D eigenvalue weighted by atomic mass is 10.1.